The molecule has 4 heteroatoms. The van der Waals surface area contributed by atoms with Crippen LogP contribution in [0.3, 0.4) is 0 Å². The Morgan fingerprint density at radius 1 is 1.19 bits per heavy atom. The SMILES string of the molecule is CCc1ccc(COc2c(C)cc(Br)cc2C(=O)O)cc1. The molecule has 21 heavy (non-hydrogen) atoms. The summed E-state index contributed by atoms with van der Waals surface area (Å²) in [7, 11) is 0. The number of carboxylic acid groups (broad SMARTS) is 1. The average molecular weight is 349 g/mol. The van der Waals surface area contributed by atoms with Gasteiger partial charge in [0, 0.05) is 4.47 Å². The van der Waals surface area contributed by atoms with Gasteiger partial charge in [-0.15, -0.1) is 0 Å². The second-order valence-corrected chi connectivity index (χ2v) is 5.78. The van der Waals surface area contributed by atoms with Crippen LogP contribution in [0, 0.1) is 6.92 Å². The fourth-order valence-electron chi connectivity index (χ4n) is 2.11. The molecule has 0 bridgehead atoms. The number of ether oxygens (including phenoxy) is 1. The molecular weight excluding hydrogens is 332 g/mol. The number of benzene rings is 2. The molecule has 0 heterocycles. The van der Waals surface area contributed by atoms with Gasteiger partial charge in [-0.3, -0.25) is 0 Å². The summed E-state index contributed by atoms with van der Waals surface area (Å²) >= 11 is 3.31. The molecule has 0 saturated heterocycles. The minimum Gasteiger partial charge on any atom is -0.488 e. The Balaban J connectivity index is 2.20. The van der Waals surface area contributed by atoms with Crippen molar-refractivity contribution in [3.8, 4) is 5.75 Å². The van der Waals surface area contributed by atoms with Gasteiger partial charge in [0.15, 0.2) is 0 Å². The first-order chi connectivity index (χ1) is 10.0. The van der Waals surface area contributed by atoms with E-state index in [2.05, 4.69) is 35.0 Å². The van der Waals surface area contributed by atoms with Crippen molar-refractivity contribution in [2.75, 3.05) is 0 Å². The standard InChI is InChI=1S/C17H17BrO3/c1-3-12-4-6-13(7-5-12)10-21-16-11(2)8-14(18)9-15(16)17(19)20/h4-9H,3,10H2,1-2H3,(H,19,20). The first-order valence-electron chi connectivity index (χ1n) is 6.75. The van der Waals surface area contributed by atoms with Crippen molar-refractivity contribution in [1.29, 1.82) is 0 Å². The highest BCUT2D eigenvalue weighted by Crippen LogP contribution is 2.29. The van der Waals surface area contributed by atoms with Crippen molar-refractivity contribution >= 4 is 21.9 Å². The van der Waals surface area contributed by atoms with E-state index in [0.29, 0.717) is 12.4 Å². The van der Waals surface area contributed by atoms with E-state index in [0.717, 1.165) is 22.0 Å². The Hall–Kier alpha value is -1.81. The number of aryl methyl sites for hydroxylation is 2. The van der Waals surface area contributed by atoms with Gasteiger partial charge >= 0.3 is 5.97 Å². The summed E-state index contributed by atoms with van der Waals surface area (Å²) in [6, 6.07) is 11.5. The molecule has 0 radical (unpaired) electrons. The quantitative estimate of drug-likeness (QED) is 0.858. The molecule has 0 atom stereocenters. The Morgan fingerprint density at radius 2 is 1.81 bits per heavy atom. The van der Waals surface area contributed by atoms with E-state index in [1.807, 2.05) is 25.1 Å². The van der Waals surface area contributed by atoms with E-state index >= 15 is 0 Å². The highest BCUT2D eigenvalue weighted by molar-refractivity contribution is 9.10. The van der Waals surface area contributed by atoms with Crippen LogP contribution in [0.5, 0.6) is 5.75 Å². The van der Waals surface area contributed by atoms with Crippen molar-refractivity contribution in [3.63, 3.8) is 0 Å². The summed E-state index contributed by atoms with van der Waals surface area (Å²) in [6.45, 7) is 4.30. The number of halogens is 1. The van der Waals surface area contributed by atoms with Gasteiger partial charge in [-0.1, -0.05) is 47.1 Å². The van der Waals surface area contributed by atoms with Crippen LogP contribution in [0.25, 0.3) is 0 Å². The van der Waals surface area contributed by atoms with Crippen molar-refractivity contribution < 1.29 is 14.6 Å². The van der Waals surface area contributed by atoms with E-state index in [1.165, 1.54) is 5.56 Å². The van der Waals surface area contributed by atoms with E-state index in [-0.39, 0.29) is 5.56 Å². The summed E-state index contributed by atoms with van der Waals surface area (Å²) in [5, 5.41) is 9.28. The summed E-state index contributed by atoms with van der Waals surface area (Å²) in [5.41, 5.74) is 3.26. The van der Waals surface area contributed by atoms with Gasteiger partial charge in [0.05, 0.1) is 0 Å². The number of carbonyl (C=O) groups is 1. The summed E-state index contributed by atoms with van der Waals surface area (Å²) in [4.78, 5) is 11.3. The molecule has 0 spiro atoms. The molecule has 0 aliphatic rings. The van der Waals surface area contributed by atoms with E-state index in [9.17, 15) is 9.90 Å². The van der Waals surface area contributed by atoms with Crippen LogP contribution >= 0.6 is 15.9 Å². The molecule has 0 amide bonds. The molecular formula is C17H17BrO3. The van der Waals surface area contributed by atoms with E-state index in [4.69, 9.17) is 4.74 Å². The monoisotopic (exact) mass is 348 g/mol. The normalized spacial score (nSPS) is 10.4. The maximum atomic E-state index is 11.3. The molecule has 2 aromatic carbocycles. The van der Waals surface area contributed by atoms with Crippen LogP contribution in [-0.2, 0) is 13.0 Å². The summed E-state index contributed by atoms with van der Waals surface area (Å²) in [5.74, 6) is -0.569. The molecule has 0 aliphatic carbocycles. The second-order valence-electron chi connectivity index (χ2n) is 4.86. The molecule has 0 aliphatic heterocycles. The highest BCUT2D eigenvalue weighted by atomic mass is 79.9. The van der Waals surface area contributed by atoms with Gasteiger partial charge in [-0.25, -0.2) is 4.79 Å². The van der Waals surface area contributed by atoms with Crippen LogP contribution in [-0.4, -0.2) is 11.1 Å². The minimum absolute atomic E-state index is 0.173. The third-order valence-electron chi connectivity index (χ3n) is 3.28. The first kappa shape index (κ1) is 15.6. The Kier molecular flexibility index (Phi) is 5.02. The van der Waals surface area contributed by atoms with Crippen LogP contribution < -0.4 is 4.74 Å². The molecule has 0 fully saturated rings. The van der Waals surface area contributed by atoms with Crippen molar-refractivity contribution in [1.82, 2.24) is 0 Å². The maximum absolute atomic E-state index is 11.3. The highest BCUT2D eigenvalue weighted by Gasteiger charge is 2.15. The van der Waals surface area contributed by atoms with E-state index in [1.54, 1.807) is 6.07 Å². The maximum Gasteiger partial charge on any atom is 0.339 e. The zero-order valence-electron chi connectivity index (χ0n) is 12.0. The van der Waals surface area contributed by atoms with Crippen LogP contribution in [0.15, 0.2) is 40.9 Å². The summed E-state index contributed by atoms with van der Waals surface area (Å²) in [6.07, 6.45) is 0.996. The molecule has 0 aromatic heterocycles. The Bertz CT molecular complexity index is 648. The number of carboxylic acids is 1. The predicted molar refractivity (Wildman–Crippen MR) is 86.0 cm³/mol. The third-order valence-corrected chi connectivity index (χ3v) is 3.74. The van der Waals surface area contributed by atoms with Gasteiger partial charge in [0.2, 0.25) is 0 Å². The van der Waals surface area contributed by atoms with Gasteiger partial charge in [0.1, 0.15) is 17.9 Å². The predicted octanol–water partition coefficient (Wildman–Crippen LogP) is 4.60. The smallest absolute Gasteiger partial charge is 0.339 e. The van der Waals surface area contributed by atoms with Gasteiger partial charge in [-0.05, 0) is 42.2 Å². The molecule has 2 aromatic rings. The number of hydrogen-bond donors (Lipinski definition) is 1. The fraction of sp³-hybridized carbons (Fsp3) is 0.235. The summed E-state index contributed by atoms with van der Waals surface area (Å²) < 4.78 is 6.48. The fourth-order valence-corrected chi connectivity index (χ4v) is 2.68. The lowest BCUT2D eigenvalue weighted by Crippen LogP contribution is -2.05. The van der Waals surface area contributed by atoms with E-state index < -0.39 is 5.97 Å². The lowest BCUT2D eigenvalue weighted by Gasteiger charge is -2.13. The zero-order chi connectivity index (χ0) is 15.4. The molecule has 0 saturated carbocycles. The first-order valence-corrected chi connectivity index (χ1v) is 7.54. The molecule has 0 unspecified atom stereocenters. The van der Waals surface area contributed by atoms with Gasteiger partial charge in [-0.2, -0.15) is 0 Å². The molecule has 2 rings (SSSR count). The largest absolute Gasteiger partial charge is 0.488 e. The van der Waals surface area contributed by atoms with Crippen LogP contribution in [0.1, 0.15) is 34.0 Å². The van der Waals surface area contributed by atoms with Crippen LogP contribution in [0.2, 0.25) is 0 Å². The zero-order valence-corrected chi connectivity index (χ0v) is 13.6. The lowest BCUT2D eigenvalue weighted by atomic mass is 10.1. The van der Waals surface area contributed by atoms with Crippen molar-refractivity contribution in [2.45, 2.75) is 26.9 Å². The van der Waals surface area contributed by atoms with Gasteiger partial charge < -0.3 is 9.84 Å². The van der Waals surface area contributed by atoms with Crippen molar-refractivity contribution in [2.24, 2.45) is 0 Å². The number of aromatic carboxylic acids is 1. The van der Waals surface area contributed by atoms with Crippen molar-refractivity contribution in [3.05, 3.63) is 63.1 Å². The Labute approximate surface area is 132 Å². The third kappa shape index (κ3) is 3.85. The average Bonchev–Trinajstić information content (AvgIpc) is 2.46. The molecule has 110 valence electrons. The number of hydrogen-bond acceptors (Lipinski definition) is 2. The van der Waals surface area contributed by atoms with Crippen LogP contribution in [0.4, 0.5) is 0 Å². The molecule has 3 nitrogen and oxygen atoms in total. The number of rotatable bonds is 5. The minimum atomic E-state index is -0.990. The molecule has 1 N–H and O–H groups in total. The van der Waals surface area contributed by atoms with Gasteiger partial charge in [0.25, 0.3) is 0 Å². The lowest BCUT2D eigenvalue weighted by molar-refractivity contribution is 0.0691. The second kappa shape index (κ2) is 6.76. The Morgan fingerprint density at radius 3 is 2.38 bits per heavy atom. The topological polar surface area (TPSA) is 46.5 Å².